The number of pyridine rings is 1. The Kier molecular flexibility index (Phi) is 5.50. The first kappa shape index (κ1) is 21.1. The monoisotopic (exact) mass is 441 g/mol. The molecule has 0 unspecified atom stereocenters. The fourth-order valence-electron chi connectivity index (χ4n) is 4.46. The van der Waals surface area contributed by atoms with Gasteiger partial charge in [-0.2, -0.15) is 9.97 Å². The summed E-state index contributed by atoms with van der Waals surface area (Å²) in [6.07, 6.45) is 4.57. The molecule has 0 radical (unpaired) electrons. The Morgan fingerprint density at radius 3 is 2.76 bits per heavy atom. The summed E-state index contributed by atoms with van der Waals surface area (Å²) in [5.74, 6) is 0.0109. The van der Waals surface area contributed by atoms with Crippen LogP contribution in [0.1, 0.15) is 34.7 Å². The van der Waals surface area contributed by atoms with Crippen molar-refractivity contribution in [3.63, 3.8) is 0 Å². The number of ether oxygens (including phenoxy) is 1. The van der Waals surface area contributed by atoms with E-state index in [1.165, 1.54) is 27.8 Å². The molecular weight excluding hydrogens is 417 g/mol. The summed E-state index contributed by atoms with van der Waals surface area (Å²) >= 11 is 0. The van der Waals surface area contributed by atoms with Crippen LogP contribution in [0.15, 0.2) is 71.7 Å². The molecule has 0 aliphatic heterocycles. The Hall–Kier alpha value is -3.80. The summed E-state index contributed by atoms with van der Waals surface area (Å²) in [6.45, 7) is 1.78. The van der Waals surface area contributed by atoms with Crippen LogP contribution in [0.25, 0.3) is 11.3 Å². The van der Waals surface area contributed by atoms with Crippen molar-refractivity contribution in [2.45, 2.75) is 32.1 Å². The highest BCUT2D eigenvalue weighted by Gasteiger charge is 2.23. The van der Waals surface area contributed by atoms with E-state index in [4.69, 9.17) is 4.74 Å². The normalized spacial score (nSPS) is 14.8. The molecule has 0 bridgehead atoms. The lowest BCUT2D eigenvalue weighted by Gasteiger charge is -2.14. The minimum atomic E-state index is -0.461. The van der Waals surface area contributed by atoms with Gasteiger partial charge in [-0.05, 0) is 67.0 Å². The van der Waals surface area contributed by atoms with Gasteiger partial charge in [0.1, 0.15) is 0 Å². The highest BCUT2D eigenvalue weighted by atomic mass is 19.1. The van der Waals surface area contributed by atoms with Gasteiger partial charge >= 0.3 is 6.01 Å². The van der Waals surface area contributed by atoms with E-state index in [9.17, 15) is 9.18 Å². The summed E-state index contributed by atoms with van der Waals surface area (Å²) in [4.78, 5) is 21.1. The summed E-state index contributed by atoms with van der Waals surface area (Å²) in [6, 6.07) is 18.6. The molecule has 0 saturated carbocycles. The largest absolute Gasteiger partial charge is 0.421 e. The molecule has 2 aromatic carbocycles. The minimum absolute atomic E-state index is 0.0934. The molecule has 1 aliphatic rings. The number of para-hydroxylation sites is 1. The van der Waals surface area contributed by atoms with Crippen LogP contribution in [0.2, 0.25) is 0 Å². The van der Waals surface area contributed by atoms with E-state index in [0.717, 1.165) is 30.5 Å². The zero-order valence-corrected chi connectivity index (χ0v) is 18.6. The van der Waals surface area contributed by atoms with Crippen molar-refractivity contribution in [2.75, 3.05) is 0 Å². The number of benzene rings is 2. The summed E-state index contributed by atoms with van der Waals surface area (Å²) < 4.78 is 21.8. The van der Waals surface area contributed by atoms with Crippen LogP contribution >= 0.6 is 0 Å². The SMILES string of the molecule is Cc1cccc(F)c1Oc1nc(C[C@H]2CCc3ccccc32)cc(-c2ccc(=O)n(C)c2)n1. The van der Waals surface area contributed by atoms with Gasteiger partial charge in [0.2, 0.25) is 5.56 Å². The van der Waals surface area contributed by atoms with Gasteiger partial charge in [-0.15, -0.1) is 0 Å². The molecule has 0 spiro atoms. The fraction of sp³-hybridized carbons (Fsp3) is 0.222. The van der Waals surface area contributed by atoms with E-state index in [1.807, 2.05) is 6.07 Å². The molecule has 5 rings (SSSR count). The molecule has 5 nitrogen and oxygen atoms in total. The van der Waals surface area contributed by atoms with Gasteiger partial charge in [0.15, 0.2) is 11.6 Å². The smallest absolute Gasteiger partial charge is 0.322 e. The van der Waals surface area contributed by atoms with Gasteiger partial charge in [-0.25, -0.2) is 4.39 Å². The lowest BCUT2D eigenvalue weighted by Crippen LogP contribution is -2.14. The third-order valence-corrected chi connectivity index (χ3v) is 6.21. The average Bonchev–Trinajstić information content (AvgIpc) is 3.21. The number of aryl methyl sites for hydroxylation is 3. The maximum Gasteiger partial charge on any atom is 0.322 e. The standard InChI is InChI=1S/C27H24FN3O2/c1-17-6-5-9-23(28)26(17)33-27-29-21(14-19-11-10-18-7-3-4-8-22(18)19)15-24(30-27)20-12-13-25(32)31(2)16-20/h3-9,12-13,15-16,19H,10-11,14H2,1-2H3/t19-/m1/s1. The third kappa shape index (κ3) is 4.29. The summed E-state index contributed by atoms with van der Waals surface area (Å²) in [7, 11) is 1.70. The lowest BCUT2D eigenvalue weighted by molar-refractivity contribution is 0.406. The number of rotatable bonds is 5. The van der Waals surface area contributed by atoms with Crippen molar-refractivity contribution in [3.05, 3.63) is 105 Å². The quantitative estimate of drug-likeness (QED) is 0.419. The zero-order chi connectivity index (χ0) is 22.9. The maximum atomic E-state index is 14.4. The molecule has 33 heavy (non-hydrogen) atoms. The molecule has 1 aliphatic carbocycles. The van der Waals surface area contributed by atoms with Crippen LogP contribution < -0.4 is 10.3 Å². The molecule has 1 atom stereocenters. The zero-order valence-electron chi connectivity index (χ0n) is 18.6. The predicted molar refractivity (Wildman–Crippen MR) is 125 cm³/mol. The van der Waals surface area contributed by atoms with E-state index in [2.05, 4.69) is 34.2 Å². The van der Waals surface area contributed by atoms with Gasteiger partial charge in [0.25, 0.3) is 0 Å². The van der Waals surface area contributed by atoms with Crippen LogP contribution in [0, 0.1) is 12.7 Å². The molecule has 4 aromatic rings. The maximum absolute atomic E-state index is 14.4. The van der Waals surface area contributed by atoms with Crippen LogP contribution in [-0.2, 0) is 19.9 Å². The van der Waals surface area contributed by atoms with Crippen molar-refractivity contribution in [1.82, 2.24) is 14.5 Å². The number of fused-ring (bicyclic) bond motifs is 1. The van der Waals surface area contributed by atoms with Crippen molar-refractivity contribution >= 4 is 0 Å². The van der Waals surface area contributed by atoms with E-state index in [-0.39, 0.29) is 17.3 Å². The van der Waals surface area contributed by atoms with Crippen LogP contribution in [0.5, 0.6) is 11.8 Å². The number of halogens is 1. The van der Waals surface area contributed by atoms with E-state index >= 15 is 0 Å². The van der Waals surface area contributed by atoms with E-state index in [0.29, 0.717) is 17.2 Å². The third-order valence-electron chi connectivity index (χ3n) is 6.21. The van der Waals surface area contributed by atoms with Gasteiger partial charge in [0.05, 0.1) is 5.69 Å². The topological polar surface area (TPSA) is 57.0 Å². The van der Waals surface area contributed by atoms with Crippen LogP contribution in [0.4, 0.5) is 4.39 Å². The van der Waals surface area contributed by atoms with Gasteiger partial charge in [-0.3, -0.25) is 4.79 Å². The highest BCUT2D eigenvalue weighted by molar-refractivity contribution is 5.58. The summed E-state index contributed by atoms with van der Waals surface area (Å²) in [5, 5.41) is 0. The molecule has 6 heteroatoms. The molecule has 0 fully saturated rings. The molecule has 0 saturated heterocycles. The first-order valence-corrected chi connectivity index (χ1v) is 11.0. The second-order valence-electron chi connectivity index (χ2n) is 8.52. The van der Waals surface area contributed by atoms with Crippen LogP contribution in [0.3, 0.4) is 0 Å². The summed E-state index contributed by atoms with van der Waals surface area (Å²) in [5.41, 5.74) is 5.51. The second-order valence-corrected chi connectivity index (χ2v) is 8.52. The molecule has 166 valence electrons. The van der Waals surface area contributed by atoms with Crippen molar-refractivity contribution in [2.24, 2.45) is 7.05 Å². The Morgan fingerprint density at radius 2 is 1.94 bits per heavy atom. The van der Waals surface area contributed by atoms with E-state index < -0.39 is 5.82 Å². The Balaban J connectivity index is 1.55. The van der Waals surface area contributed by atoms with Crippen molar-refractivity contribution < 1.29 is 9.13 Å². The minimum Gasteiger partial charge on any atom is -0.421 e. The molecule has 2 heterocycles. The predicted octanol–water partition coefficient (Wildman–Crippen LogP) is 5.35. The first-order valence-electron chi connectivity index (χ1n) is 11.0. The molecule has 0 N–H and O–H groups in total. The van der Waals surface area contributed by atoms with Crippen molar-refractivity contribution in [1.29, 1.82) is 0 Å². The lowest BCUT2D eigenvalue weighted by atomic mass is 9.95. The second kappa shape index (κ2) is 8.62. The van der Waals surface area contributed by atoms with Gasteiger partial charge < -0.3 is 9.30 Å². The van der Waals surface area contributed by atoms with Gasteiger partial charge in [-0.1, -0.05) is 36.4 Å². The Bertz CT molecular complexity index is 1380. The first-order chi connectivity index (χ1) is 16.0. The number of hydrogen-bond acceptors (Lipinski definition) is 4. The highest BCUT2D eigenvalue weighted by Crippen LogP contribution is 2.36. The molecular formula is C27H24FN3O2. The van der Waals surface area contributed by atoms with Crippen LogP contribution in [-0.4, -0.2) is 14.5 Å². The Labute approximate surface area is 191 Å². The Morgan fingerprint density at radius 1 is 1.09 bits per heavy atom. The van der Waals surface area contributed by atoms with E-state index in [1.54, 1.807) is 38.4 Å². The van der Waals surface area contributed by atoms with Crippen molar-refractivity contribution in [3.8, 4) is 23.0 Å². The molecule has 2 aromatic heterocycles. The average molecular weight is 442 g/mol. The number of nitrogens with zero attached hydrogens (tertiary/aromatic N) is 3. The number of aromatic nitrogens is 3. The number of hydrogen-bond donors (Lipinski definition) is 0. The fourth-order valence-corrected chi connectivity index (χ4v) is 4.46. The van der Waals surface area contributed by atoms with Gasteiger partial charge in [0, 0.05) is 30.6 Å². The molecule has 0 amide bonds.